The van der Waals surface area contributed by atoms with Crippen LogP contribution in [0.4, 0.5) is 0 Å². The summed E-state index contributed by atoms with van der Waals surface area (Å²) in [5.41, 5.74) is 1.33. The second-order valence-corrected chi connectivity index (χ2v) is 7.13. The van der Waals surface area contributed by atoms with Gasteiger partial charge in [0.1, 0.15) is 5.01 Å². The molecular formula is C14H15ClN2S2. The Morgan fingerprint density at radius 2 is 2.37 bits per heavy atom. The van der Waals surface area contributed by atoms with Crippen LogP contribution >= 0.6 is 34.7 Å². The van der Waals surface area contributed by atoms with Crippen LogP contribution in [0.1, 0.15) is 36.0 Å². The minimum atomic E-state index is 0.278. The summed E-state index contributed by atoms with van der Waals surface area (Å²) in [5, 5.41) is 7.66. The van der Waals surface area contributed by atoms with Gasteiger partial charge in [0, 0.05) is 27.5 Å². The van der Waals surface area contributed by atoms with E-state index in [2.05, 4.69) is 29.4 Å². The summed E-state index contributed by atoms with van der Waals surface area (Å²) in [4.78, 5) is 5.73. The first kappa shape index (κ1) is 13.4. The first-order valence-corrected chi connectivity index (χ1v) is 8.56. The molecule has 0 aliphatic carbocycles. The molecule has 19 heavy (non-hydrogen) atoms. The number of rotatable bonds is 3. The Balaban J connectivity index is 1.81. The highest BCUT2D eigenvalue weighted by Crippen LogP contribution is 2.38. The van der Waals surface area contributed by atoms with E-state index in [0.717, 1.165) is 22.2 Å². The molecule has 0 saturated carbocycles. The fourth-order valence-electron chi connectivity index (χ4n) is 2.36. The van der Waals surface area contributed by atoms with Gasteiger partial charge in [0.25, 0.3) is 0 Å². The Labute approximate surface area is 126 Å². The summed E-state index contributed by atoms with van der Waals surface area (Å²) < 4.78 is 0. The third kappa shape index (κ3) is 2.97. The minimum Gasteiger partial charge on any atom is -0.301 e. The zero-order valence-electron chi connectivity index (χ0n) is 10.6. The average molecular weight is 311 g/mol. The Hall–Kier alpha value is -0.550. The van der Waals surface area contributed by atoms with Gasteiger partial charge < -0.3 is 5.32 Å². The van der Waals surface area contributed by atoms with Gasteiger partial charge in [0.15, 0.2) is 0 Å². The Morgan fingerprint density at radius 3 is 3.16 bits per heavy atom. The summed E-state index contributed by atoms with van der Waals surface area (Å²) >= 11 is 9.74. The molecule has 100 valence electrons. The highest BCUT2D eigenvalue weighted by Gasteiger charge is 2.23. The quantitative estimate of drug-likeness (QED) is 0.890. The summed E-state index contributed by atoms with van der Waals surface area (Å²) in [5.74, 6) is 1.15. The zero-order valence-corrected chi connectivity index (χ0v) is 13.0. The molecule has 0 amide bonds. The molecule has 1 aliphatic rings. The van der Waals surface area contributed by atoms with Crippen LogP contribution in [0, 0.1) is 0 Å². The maximum absolute atomic E-state index is 6.13. The number of aromatic nitrogens is 1. The number of halogens is 1. The van der Waals surface area contributed by atoms with Gasteiger partial charge in [0.05, 0.1) is 6.04 Å². The Kier molecular flexibility index (Phi) is 4.12. The van der Waals surface area contributed by atoms with Crippen LogP contribution in [0.25, 0.3) is 0 Å². The van der Waals surface area contributed by atoms with Crippen molar-refractivity contribution in [3.8, 4) is 0 Å². The fourth-order valence-corrected chi connectivity index (χ4v) is 4.30. The van der Waals surface area contributed by atoms with Gasteiger partial charge in [-0.2, -0.15) is 0 Å². The van der Waals surface area contributed by atoms with Crippen LogP contribution < -0.4 is 5.32 Å². The standard InChI is InChI=1S/C14H15ClN2S2/c1-9(14-16-5-7-19-14)17-12-4-6-18-13-3-2-10(15)8-11(12)13/h2-3,5,7-9,12,17H,4,6H2,1H3. The molecule has 2 unspecified atom stereocenters. The monoisotopic (exact) mass is 310 g/mol. The molecule has 1 aromatic heterocycles. The molecule has 0 bridgehead atoms. The lowest BCUT2D eigenvalue weighted by Crippen LogP contribution is -2.27. The number of benzene rings is 1. The maximum Gasteiger partial charge on any atom is 0.109 e. The third-order valence-electron chi connectivity index (χ3n) is 3.28. The SMILES string of the molecule is CC(NC1CCSc2ccc(Cl)cc21)c1nccs1. The van der Waals surface area contributed by atoms with Crippen molar-refractivity contribution in [2.45, 2.75) is 30.3 Å². The normalized spacial score (nSPS) is 20.0. The molecular weight excluding hydrogens is 296 g/mol. The molecule has 0 radical (unpaired) electrons. The van der Waals surface area contributed by atoms with E-state index in [1.54, 1.807) is 11.3 Å². The molecule has 2 atom stereocenters. The van der Waals surface area contributed by atoms with E-state index in [9.17, 15) is 0 Å². The van der Waals surface area contributed by atoms with Crippen LogP contribution in [0.2, 0.25) is 5.02 Å². The molecule has 5 heteroatoms. The van der Waals surface area contributed by atoms with Crippen LogP contribution in [0.5, 0.6) is 0 Å². The first-order chi connectivity index (χ1) is 9.24. The lowest BCUT2D eigenvalue weighted by atomic mass is 10.0. The van der Waals surface area contributed by atoms with E-state index in [1.165, 1.54) is 10.5 Å². The number of thiazole rings is 1. The molecule has 1 N–H and O–H groups in total. The van der Waals surface area contributed by atoms with Gasteiger partial charge in [-0.05, 0) is 42.9 Å². The Bertz CT molecular complexity index is 557. The van der Waals surface area contributed by atoms with E-state index in [-0.39, 0.29) is 6.04 Å². The lowest BCUT2D eigenvalue weighted by Gasteiger charge is -2.28. The predicted octanol–water partition coefficient (Wildman–Crippen LogP) is 4.68. The minimum absolute atomic E-state index is 0.278. The topological polar surface area (TPSA) is 24.9 Å². The fraction of sp³-hybridized carbons (Fsp3) is 0.357. The van der Waals surface area contributed by atoms with E-state index in [4.69, 9.17) is 11.6 Å². The zero-order chi connectivity index (χ0) is 13.2. The second kappa shape index (κ2) is 5.83. The number of fused-ring (bicyclic) bond motifs is 1. The number of nitrogens with zero attached hydrogens (tertiary/aromatic N) is 1. The molecule has 2 aromatic rings. The van der Waals surface area contributed by atoms with Crippen molar-refractivity contribution in [2.24, 2.45) is 0 Å². The largest absolute Gasteiger partial charge is 0.301 e. The predicted molar refractivity (Wildman–Crippen MR) is 83.2 cm³/mol. The second-order valence-electron chi connectivity index (χ2n) is 4.63. The van der Waals surface area contributed by atoms with E-state index >= 15 is 0 Å². The van der Waals surface area contributed by atoms with E-state index in [0.29, 0.717) is 6.04 Å². The highest BCUT2D eigenvalue weighted by molar-refractivity contribution is 7.99. The van der Waals surface area contributed by atoms with Crippen molar-refractivity contribution < 1.29 is 0 Å². The average Bonchev–Trinajstić information content (AvgIpc) is 2.93. The summed E-state index contributed by atoms with van der Waals surface area (Å²) in [6, 6.07) is 6.84. The molecule has 0 spiro atoms. The molecule has 0 saturated heterocycles. The number of nitrogens with one attached hydrogen (secondary N) is 1. The van der Waals surface area contributed by atoms with Gasteiger partial charge in [-0.15, -0.1) is 23.1 Å². The van der Waals surface area contributed by atoms with Crippen molar-refractivity contribution in [3.05, 3.63) is 45.4 Å². The van der Waals surface area contributed by atoms with Crippen molar-refractivity contribution in [2.75, 3.05) is 5.75 Å². The maximum atomic E-state index is 6.13. The van der Waals surface area contributed by atoms with Crippen LogP contribution in [-0.4, -0.2) is 10.7 Å². The number of hydrogen-bond donors (Lipinski definition) is 1. The van der Waals surface area contributed by atoms with Crippen molar-refractivity contribution in [1.82, 2.24) is 10.3 Å². The van der Waals surface area contributed by atoms with Gasteiger partial charge in [-0.1, -0.05) is 11.6 Å². The van der Waals surface area contributed by atoms with Crippen molar-refractivity contribution in [3.63, 3.8) is 0 Å². The van der Waals surface area contributed by atoms with Gasteiger partial charge in [0.2, 0.25) is 0 Å². The van der Waals surface area contributed by atoms with Crippen molar-refractivity contribution >= 4 is 34.7 Å². The van der Waals surface area contributed by atoms with Gasteiger partial charge >= 0.3 is 0 Å². The van der Waals surface area contributed by atoms with Crippen LogP contribution in [-0.2, 0) is 0 Å². The smallest absolute Gasteiger partial charge is 0.109 e. The number of thioether (sulfide) groups is 1. The van der Waals surface area contributed by atoms with Crippen molar-refractivity contribution in [1.29, 1.82) is 0 Å². The third-order valence-corrected chi connectivity index (χ3v) is 5.60. The van der Waals surface area contributed by atoms with E-state index < -0.39 is 0 Å². The first-order valence-electron chi connectivity index (χ1n) is 6.32. The molecule has 1 aromatic carbocycles. The summed E-state index contributed by atoms with van der Waals surface area (Å²) in [6.45, 7) is 2.17. The molecule has 1 aliphatic heterocycles. The van der Waals surface area contributed by atoms with Gasteiger partial charge in [-0.3, -0.25) is 0 Å². The summed E-state index contributed by atoms with van der Waals surface area (Å²) in [6.07, 6.45) is 2.99. The van der Waals surface area contributed by atoms with E-state index in [1.807, 2.05) is 29.4 Å². The molecule has 3 rings (SSSR count). The number of hydrogen-bond acceptors (Lipinski definition) is 4. The van der Waals surface area contributed by atoms with Gasteiger partial charge in [-0.25, -0.2) is 4.98 Å². The molecule has 2 heterocycles. The molecule has 2 nitrogen and oxygen atoms in total. The highest BCUT2D eigenvalue weighted by atomic mass is 35.5. The molecule has 0 fully saturated rings. The Morgan fingerprint density at radius 1 is 1.47 bits per heavy atom. The lowest BCUT2D eigenvalue weighted by molar-refractivity contribution is 0.449. The summed E-state index contributed by atoms with van der Waals surface area (Å²) in [7, 11) is 0. The van der Waals surface area contributed by atoms with Crippen LogP contribution in [0.15, 0.2) is 34.7 Å². The van der Waals surface area contributed by atoms with Crippen LogP contribution in [0.3, 0.4) is 0 Å².